The normalized spacial score (nSPS) is 12.0. The summed E-state index contributed by atoms with van der Waals surface area (Å²) in [5.74, 6) is -0.371. The van der Waals surface area contributed by atoms with Crippen molar-refractivity contribution in [1.29, 1.82) is 0 Å². The number of ether oxygens (including phenoxy) is 1. The minimum atomic E-state index is -0.595. The first kappa shape index (κ1) is 14.2. The number of benzene rings is 1. The summed E-state index contributed by atoms with van der Waals surface area (Å²) in [6, 6.07) is 8.22. The molecule has 98 valence electrons. The van der Waals surface area contributed by atoms with Gasteiger partial charge >= 0.3 is 5.97 Å². The van der Waals surface area contributed by atoms with Crippen molar-refractivity contribution >= 4 is 11.9 Å². The topological polar surface area (TPSA) is 55.4 Å². The number of esters is 1. The van der Waals surface area contributed by atoms with Crippen LogP contribution in [0.5, 0.6) is 0 Å². The van der Waals surface area contributed by atoms with Gasteiger partial charge in [0.05, 0.1) is 7.11 Å². The van der Waals surface area contributed by atoms with Crippen LogP contribution in [-0.4, -0.2) is 25.0 Å². The molecule has 0 fully saturated rings. The molecule has 1 atom stereocenters. The van der Waals surface area contributed by atoms with Crippen molar-refractivity contribution < 1.29 is 14.3 Å². The van der Waals surface area contributed by atoms with E-state index in [1.165, 1.54) is 7.11 Å². The van der Waals surface area contributed by atoms with Crippen LogP contribution < -0.4 is 5.32 Å². The van der Waals surface area contributed by atoms with Crippen LogP contribution in [0.25, 0.3) is 0 Å². The Kier molecular flexibility index (Phi) is 5.36. The minimum absolute atomic E-state index is 0.258. The summed E-state index contributed by atoms with van der Waals surface area (Å²) >= 11 is 0. The molecule has 0 saturated heterocycles. The highest BCUT2D eigenvalue weighted by molar-refractivity contribution is 5.96. The zero-order valence-corrected chi connectivity index (χ0v) is 11.0. The van der Waals surface area contributed by atoms with E-state index in [9.17, 15) is 9.59 Å². The summed E-state index contributed by atoms with van der Waals surface area (Å²) in [6.07, 6.45) is 0.561. The molecule has 0 radical (unpaired) electrons. The van der Waals surface area contributed by atoms with Crippen LogP contribution in [0.1, 0.15) is 30.6 Å². The largest absolute Gasteiger partial charge is 0.467 e. The smallest absolute Gasteiger partial charge is 0.328 e. The van der Waals surface area contributed by atoms with E-state index < -0.39 is 12.0 Å². The number of carbonyl (C=O) groups excluding carboxylic acids is 2. The molecule has 0 aromatic heterocycles. The number of methoxy groups -OCH3 is 1. The summed E-state index contributed by atoms with van der Waals surface area (Å²) in [7, 11) is 1.32. The van der Waals surface area contributed by atoms with Crippen LogP contribution in [-0.2, 0) is 9.53 Å². The molecule has 1 N–H and O–H groups in total. The standard InChI is InChI=1S/C14H19NO3/c1-10(2)9-12(14(17)18-3)15-13(16)11-7-5-4-6-8-11/h4-8,10,12H,9H2,1-3H3,(H,15,16)/t12-/m0/s1. The van der Waals surface area contributed by atoms with Gasteiger partial charge in [0, 0.05) is 5.56 Å². The molecular weight excluding hydrogens is 230 g/mol. The van der Waals surface area contributed by atoms with E-state index in [2.05, 4.69) is 5.32 Å². The fraction of sp³-hybridized carbons (Fsp3) is 0.429. The van der Waals surface area contributed by atoms with Crippen LogP contribution in [0.2, 0.25) is 0 Å². The first-order chi connectivity index (χ1) is 8.54. The minimum Gasteiger partial charge on any atom is -0.467 e. The van der Waals surface area contributed by atoms with Crippen molar-refractivity contribution in [3.8, 4) is 0 Å². The molecule has 0 heterocycles. The van der Waals surface area contributed by atoms with Gasteiger partial charge in [0.1, 0.15) is 6.04 Å². The highest BCUT2D eigenvalue weighted by atomic mass is 16.5. The quantitative estimate of drug-likeness (QED) is 0.812. The molecule has 4 nitrogen and oxygen atoms in total. The van der Waals surface area contributed by atoms with Gasteiger partial charge in [-0.15, -0.1) is 0 Å². The van der Waals surface area contributed by atoms with Gasteiger partial charge in [0.15, 0.2) is 0 Å². The second-order valence-electron chi connectivity index (χ2n) is 4.54. The predicted octanol–water partition coefficient (Wildman–Crippen LogP) is 2.00. The Morgan fingerprint density at radius 1 is 1.22 bits per heavy atom. The van der Waals surface area contributed by atoms with E-state index in [0.29, 0.717) is 17.9 Å². The Morgan fingerprint density at radius 3 is 2.33 bits per heavy atom. The number of carbonyl (C=O) groups is 2. The summed E-state index contributed by atoms with van der Waals surface area (Å²) < 4.78 is 4.70. The summed E-state index contributed by atoms with van der Waals surface area (Å²) in [6.45, 7) is 3.98. The Morgan fingerprint density at radius 2 is 1.83 bits per heavy atom. The number of hydrogen-bond acceptors (Lipinski definition) is 3. The molecule has 0 unspecified atom stereocenters. The van der Waals surface area contributed by atoms with E-state index in [0.717, 1.165) is 0 Å². The molecule has 1 amide bonds. The first-order valence-corrected chi connectivity index (χ1v) is 5.98. The van der Waals surface area contributed by atoms with Gasteiger partial charge in [-0.2, -0.15) is 0 Å². The molecule has 4 heteroatoms. The molecule has 0 spiro atoms. The number of hydrogen-bond donors (Lipinski definition) is 1. The van der Waals surface area contributed by atoms with E-state index in [4.69, 9.17) is 4.74 Å². The summed E-state index contributed by atoms with van der Waals surface area (Å²) in [4.78, 5) is 23.5. The fourth-order valence-electron chi connectivity index (χ4n) is 1.66. The monoisotopic (exact) mass is 249 g/mol. The van der Waals surface area contributed by atoms with Crippen molar-refractivity contribution in [2.75, 3.05) is 7.11 Å². The summed E-state index contributed by atoms with van der Waals surface area (Å²) in [5.41, 5.74) is 0.537. The lowest BCUT2D eigenvalue weighted by atomic mass is 10.0. The lowest BCUT2D eigenvalue weighted by molar-refractivity contribution is -0.143. The molecule has 18 heavy (non-hydrogen) atoms. The average molecular weight is 249 g/mol. The van der Waals surface area contributed by atoms with Gasteiger partial charge in [0.25, 0.3) is 5.91 Å². The predicted molar refractivity (Wildman–Crippen MR) is 69.2 cm³/mol. The van der Waals surface area contributed by atoms with E-state index in [1.54, 1.807) is 24.3 Å². The average Bonchev–Trinajstić information content (AvgIpc) is 2.37. The van der Waals surface area contributed by atoms with E-state index >= 15 is 0 Å². The van der Waals surface area contributed by atoms with Crippen LogP contribution in [0.3, 0.4) is 0 Å². The third-order valence-corrected chi connectivity index (χ3v) is 2.53. The lowest BCUT2D eigenvalue weighted by Crippen LogP contribution is -2.42. The van der Waals surface area contributed by atoms with Crippen molar-refractivity contribution in [2.24, 2.45) is 5.92 Å². The van der Waals surface area contributed by atoms with Gasteiger partial charge in [-0.3, -0.25) is 4.79 Å². The van der Waals surface area contributed by atoms with Crippen molar-refractivity contribution in [2.45, 2.75) is 26.3 Å². The number of nitrogens with one attached hydrogen (secondary N) is 1. The molecule has 0 aliphatic rings. The molecular formula is C14H19NO3. The summed E-state index contributed by atoms with van der Waals surface area (Å²) in [5, 5.41) is 2.70. The Hall–Kier alpha value is -1.84. The highest BCUT2D eigenvalue weighted by Gasteiger charge is 2.22. The second-order valence-corrected chi connectivity index (χ2v) is 4.54. The van der Waals surface area contributed by atoms with Crippen LogP contribution in [0, 0.1) is 5.92 Å². The zero-order chi connectivity index (χ0) is 13.5. The van der Waals surface area contributed by atoms with Crippen LogP contribution in [0.4, 0.5) is 0 Å². The Bertz CT molecular complexity index is 401. The van der Waals surface area contributed by atoms with Gasteiger partial charge in [-0.1, -0.05) is 32.0 Å². The van der Waals surface area contributed by atoms with Crippen LogP contribution in [0.15, 0.2) is 30.3 Å². The van der Waals surface area contributed by atoms with Gasteiger partial charge in [0.2, 0.25) is 0 Å². The SMILES string of the molecule is COC(=O)[C@H](CC(C)C)NC(=O)c1ccccc1. The maximum absolute atomic E-state index is 11.9. The molecule has 1 rings (SSSR count). The van der Waals surface area contributed by atoms with Crippen molar-refractivity contribution in [1.82, 2.24) is 5.32 Å². The highest BCUT2D eigenvalue weighted by Crippen LogP contribution is 2.08. The molecule has 0 aliphatic heterocycles. The van der Waals surface area contributed by atoms with Crippen LogP contribution >= 0.6 is 0 Å². The Labute approximate surface area is 107 Å². The lowest BCUT2D eigenvalue weighted by Gasteiger charge is -2.18. The fourth-order valence-corrected chi connectivity index (χ4v) is 1.66. The molecule has 1 aromatic rings. The van der Waals surface area contributed by atoms with Crippen molar-refractivity contribution in [3.63, 3.8) is 0 Å². The maximum atomic E-state index is 11.9. The maximum Gasteiger partial charge on any atom is 0.328 e. The van der Waals surface area contributed by atoms with E-state index in [1.807, 2.05) is 19.9 Å². The van der Waals surface area contributed by atoms with Crippen molar-refractivity contribution in [3.05, 3.63) is 35.9 Å². The Balaban J connectivity index is 2.71. The molecule has 0 saturated carbocycles. The molecule has 0 bridgehead atoms. The first-order valence-electron chi connectivity index (χ1n) is 5.98. The second kappa shape index (κ2) is 6.79. The third kappa shape index (κ3) is 4.20. The zero-order valence-electron chi connectivity index (χ0n) is 11.0. The van der Waals surface area contributed by atoms with Gasteiger partial charge < -0.3 is 10.1 Å². The number of amides is 1. The van der Waals surface area contributed by atoms with Gasteiger partial charge in [-0.25, -0.2) is 4.79 Å². The molecule has 1 aromatic carbocycles. The molecule has 0 aliphatic carbocycles. The third-order valence-electron chi connectivity index (χ3n) is 2.53. The number of rotatable bonds is 5. The van der Waals surface area contributed by atoms with E-state index in [-0.39, 0.29) is 5.91 Å². The van der Waals surface area contributed by atoms with Gasteiger partial charge in [-0.05, 0) is 24.5 Å².